The van der Waals surface area contributed by atoms with Crippen molar-refractivity contribution in [1.29, 1.82) is 0 Å². The Hall–Kier alpha value is -6.23. The van der Waals surface area contributed by atoms with Crippen molar-refractivity contribution in [3.05, 3.63) is 104 Å². The number of rotatable bonds is 26. The second kappa shape index (κ2) is 24.9. The topological polar surface area (TPSA) is 187 Å². The standard InChI is InChI=1S/C38H40O16/c1-3-34(39)47-22-21-46-25-44-20-18-37(42)53-32-7-5-28(6-8-32)38(43)54-33-15-13-31(14-16-33)52-27-51-30-11-9-29(10-12-30)50-26-45-19-17-36(41)49-24-23-48-35(40)4-2/h3-16H,1-2,17-27H2. The van der Waals surface area contributed by atoms with Crippen molar-refractivity contribution in [2.45, 2.75) is 12.8 Å². The molecule has 0 spiro atoms. The van der Waals surface area contributed by atoms with Crippen molar-refractivity contribution < 1.29 is 76.1 Å². The maximum Gasteiger partial charge on any atom is 0.343 e. The van der Waals surface area contributed by atoms with Crippen LogP contribution in [0.1, 0.15) is 23.2 Å². The van der Waals surface area contributed by atoms with Crippen LogP contribution in [0.4, 0.5) is 0 Å². The van der Waals surface area contributed by atoms with Gasteiger partial charge in [-0.05, 0) is 72.8 Å². The van der Waals surface area contributed by atoms with E-state index in [1.807, 2.05) is 0 Å². The smallest absolute Gasteiger partial charge is 0.343 e. The largest absolute Gasteiger partial charge is 0.468 e. The maximum absolute atomic E-state index is 12.6. The highest BCUT2D eigenvalue weighted by Gasteiger charge is 2.11. The predicted molar refractivity (Wildman–Crippen MR) is 187 cm³/mol. The molecule has 0 unspecified atom stereocenters. The van der Waals surface area contributed by atoms with Gasteiger partial charge in [-0.3, -0.25) is 9.59 Å². The van der Waals surface area contributed by atoms with Crippen LogP contribution in [-0.4, -0.2) is 89.9 Å². The van der Waals surface area contributed by atoms with E-state index >= 15 is 0 Å². The van der Waals surface area contributed by atoms with Gasteiger partial charge in [0.2, 0.25) is 6.79 Å². The van der Waals surface area contributed by atoms with Gasteiger partial charge in [0, 0.05) is 12.2 Å². The van der Waals surface area contributed by atoms with E-state index in [1.165, 1.54) is 24.3 Å². The third-order valence-electron chi connectivity index (χ3n) is 6.40. The van der Waals surface area contributed by atoms with Gasteiger partial charge >= 0.3 is 29.8 Å². The molecule has 16 nitrogen and oxygen atoms in total. The van der Waals surface area contributed by atoms with Crippen LogP contribution in [0.15, 0.2) is 98.1 Å². The van der Waals surface area contributed by atoms with E-state index in [2.05, 4.69) is 13.2 Å². The molecule has 3 aromatic carbocycles. The van der Waals surface area contributed by atoms with Crippen LogP contribution in [-0.2, 0) is 47.6 Å². The molecule has 0 bridgehead atoms. The van der Waals surface area contributed by atoms with Gasteiger partial charge in [-0.1, -0.05) is 13.2 Å². The Labute approximate surface area is 311 Å². The normalized spacial score (nSPS) is 10.3. The van der Waals surface area contributed by atoms with Crippen molar-refractivity contribution in [3.8, 4) is 28.7 Å². The fourth-order valence-corrected chi connectivity index (χ4v) is 3.75. The van der Waals surface area contributed by atoms with E-state index < -0.39 is 29.8 Å². The first-order valence-electron chi connectivity index (χ1n) is 16.3. The van der Waals surface area contributed by atoms with Crippen molar-refractivity contribution >= 4 is 29.8 Å². The van der Waals surface area contributed by atoms with Crippen LogP contribution >= 0.6 is 0 Å². The number of esters is 5. The molecule has 54 heavy (non-hydrogen) atoms. The first kappa shape index (κ1) is 42.2. The molecular formula is C38H40O16. The number of carbonyl (C=O) groups excluding carboxylic acids is 5. The molecule has 0 aliphatic heterocycles. The van der Waals surface area contributed by atoms with Gasteiger partial charge in [-0.2, -0.15) is 0 Å². The zero-order valence-corrected chi connectivity index (χ0v) is 29.3. The van der Waals surface area contributed by atoms with Crippen molar-refractivity contribution in [1.82, 2.24) is 0 Å². The minimum absolute atomic E-state index is 0.00900. The second-order valence-electron chi connectivity index (χ2n) is 10.3. The third-order valence-corrected chi connectivity index (χ3v) is 6.40. The number of hydrogen-bond donors (Lipinski definition) is 0. The molecule has 0 heterocycles. The fourth-order valence-electron chi connectivity index (χ4n) is 3.75. The monoisotopic (exact) mass is 752 g/mol. The molecule has 3 rings (SSSR count). The van der Waals surface area contributed by atoms with E-state index in [4.69, 9.17) is 52.1 Å². The predicted octanol–water partition coefficient (Wildman–Crippen LogP) is 4.35. The quantitative estimate of drug-likeness (QED) is 0.0281. The summed E-state index contributed by atoms with van der Waals surface area (Å²) in [5.41, 5.74) is 0.243. The van der Waals surface area contributed by atoms with Crippen molar-refractivity contribution in [3.63, 3.8) is 0 Å². The van der Waals surface area contributed by atoms with E-state index in [9.17, 15) is 24.0 Å². The lowest BCUT2D eigenvalue weighted by Gasteiger charge is -2.11. The van der Waals surface area contributed by atoms with Crippen LogP contribution in [0.5, 0.6) is 28.7 Å². The molecule has 0 fully saturated rings. The van der Waals surface area contributed by atoms with Crippen LogP contribution in [0, 0.1) is 0 Å². The Morgan fingerprint density at radius 1 is 0.444 bits per heavy atom. The Morgan fingerprint density at radius 3 is 1.44 bits per heavy atom. The summed E-state index contributed by atoms with van der Waals surface area (Å²) in [7, 11) is 0. The van der Waals surface area contributed by atoms with Gasteiger partial charge in [0.25, 0.3) is 0 Å². The highest BCUT2D eigenvalue weighted by atomic mass is 16.7. The summed E-state index contributed by atoms with van der Waals surface area (Å²) in [5.74, 6) is -0.743. The molecule has 0 saturated heterocycles. The summed E-state index contributed by atoms with van der Waals surface area (Å²) in [4.78, 5) is 58.1. The molecule has 0 N–H and O–H groups in total. The lowest BCUT2D eigenvalue weighted by atomic mass is 10.2. The second-order valence-corrected chi connectivity index (χ2v) is 10.3. The molecule has 0 amide bonds. The summed E-state index contributed by atoms with van der Waals surface area (Å²) in [6.45, 7) is 6.51. The van der Waals surface area contributed by atoms with Gasteiger partial charge in [-0.25, -0.2) is 14.4 Å². The van der Waals surface area contributed by atoms with Crippen molar-refractivity contribution in [2.24, 2.45) is 0 Å². The van der Waals surface area contributed by atoms with Gasteiger partial charge in [0.1, 0.15) is 55.4 Å². The molecule has 0 atom stereocenters. The van der Waals surface area contributed by atoms with Crippen LogP contribution in [0.2, 0.25) is 0 Å². The van der Waals surface area contributed by atoms with Gasteiger partial charge in [-0.15, -0.1) is 0 Å². The molecule has 0 saturated carbocycles. The summed E-state index contributed by atoms with van der Waals surface area (Å²) >= 11 is 0. The fraction of sp³-hybridized carbons (Fsp3) is 0.289. The molecule has 16 heteroatoms. The maximum atomic E-state index is 12.6. The summed E-state index contributed by atoms with van der Waals surface area (Å²) < 4.78 is 57.2. The lowest BCUT2D eigenvalue weighted by molar-refractivity contribution is -0.151. The Kier molecular flexibility index (Phi) is 19.4. The molecule has 0 aliphatic rings. The number of ether oxygens (including phenoxy) is 11. The lowest BCUT2D eigenvalue weighted by Crippen LogP contribution is -2.15. The zero-order chi connectivity index (χ0) is 38.8. The molecule has 0 aliphatic carbocycles. The average molecular weight is 753 g/mol. The van der Waals surface area contributed by atoms with E-state index in [1.54, 1.807) is 48.5 Å². The Morgan fingerprint density at radius 2 is 0.870 bits per heavy atom. The minimum atomic E-state index is -0.612. The van der Waals surface area contributed by atoms with Gasteiger partial charge in [0.05, 0.1) is 38.2 Å². The highest BCUT2D eigenvalue weighted by molar-refractivity contribution is 5.91. The summed E-state index contributed by atoms with van der Waals surface area (Å²) in [5, 5.41) is 0. The van der Waals surface area contributed by atoms with E-state index in [-0.39, 0.29) is 89.9 Å². The Bertz CT molecular complexity index is 1640. The van der Waals surface area contributed by atoms with Gasteiger partial charge in [0.15, 0.2) is 6.79 Å². The van der Waals surface area contributed by atoms with Crippen molar-refractivity contribution in [2.75, 3.05) is 60.0 Å². The SMILES string of the molecule is C=CC(=O)OCCOCOCCC(=O)Oc1ccc(C(=O)Oc2ccc(OCOc3ccc(OCOCCC(=O)OCCOC(=O)C=C)cc3)cc2)cc1. The first-order chi connectivity index (χ1) is 26.2. The van der Waals surface area contributed by atoms with Crippen LogP contribution in [0.25, 0.3) is 0 Å². The Balaban J connectivity index is 1.25. The zero-order valence-electron chi connectivity index (χ0n) is 29.3. The number of benzene rings is 3. The number of carbonyl (C=O) groups is 5. The molecule has 288 valence electrons. The molecule has 3 aromatic rings. The van der Waals surface area contributed by atoms with Gasteiger partial charge < -0.3 is 52.1 Å². The van der Waals surface area contributed by atoms with E-state index in [0.717, 1.165) is 12.2 Å². The highest BCUT2D eigenvalue weighted by Crippen LogP contribution is 2.21. The van der Waals surface area contributed by atoms with E-state index in [0.29, 0.717) is 17.2 Å². The summed E-state index contributed by atoms with van der Waals surface area (Å²) in [6.07, 6.45) is 2.05. The summed E-state index contributed by atoms with van der Waals surface area (Å²) in [6, 6.07) is 18.9. The molecule has 0 aromatic heterocycles. The van der Waals surface area contributed by atoms with Crippen LogP contribution in [0.3, 0.4) is 0 Å². The first-order valence-corrected chi connectivity index (χ1v) is 16.3. The molecular weight excluding hydrogens is 712 g/mol. The molecule has 0 radical (unpaired) electrons. The average Bonchev–Trinajstić information content (AvgIpc) is 3.18. The number of hydrogen-bond acceptors (Lipinski definition) is 16. The minimum Gasteiger partial charge on any atom is -0.468 e. The third kappa shape index (κ3) is 17.8. The van der Waals surface area contributed by atoms with Crippen LogP contribution < -0.4 is 23.7 Å².